The van der Waals surface area contributed by atoms with Gasteiger partial charge in [-0.3, -0.25) is 9.79 Å². The molecule has 1 aliphatic rings. The van der Waals surface area contributed by atoms with Crippen LogP contribution in [0.25, 0.3) is 5.65 Å². The number of aliphatic imine (C=N–C) groups is 1. The number of pyridine rings is 1. The first kappa shape index (κ1) is 19.3. The first-order valence-corrected chi connectivity index (χ1v) is 9.94. The third kappa shape index (κ3) is 4.54. The average Bonchev–Trinajstić information content (AvgIpc) is 3.51. The van der Waals surface area contributed by atoms with E-state index in [2.05, 4.69) is 22.2 Å². The molecule has 1 atom stereocenters. The van der Waals surface area contributed by atoms with Gasteiger partial charge in [0.05, 0.1) is 25.3 Å². The number of aliphatic hydroxyl groups is 1. The lowest BCUT2D eigenvalue weighted by atomic mass is 9.97. The maximum absolute atomic E-state index is 12.8. The largest absolute Gasteiger partial charge is 0.497 e. The number of ketones is 1. The zero-order chi connectivity index (χ0) is 20.2. The Morgan fingerprint density at radius 1 is 1.28 bits per heavy atom. The number of imidazole rings is 1. The summed E-state index contributed by atoms with van der Waals surface area (Å²) in [5.41, 5.74) is 3.73. The first-order chi connectivity index (χ1) is 14.2. The Bertz CT molecular complexity index is 1020. The monoisotopic (exact) mass is 391 g/mol. The van der Waals surface area contributed by atoms with Crippen LogP contribution in [0.4, 0.5) is 0 Å². The number of rotatable bonds is 9. The molecule has 2 aromatic heterocycles. The Morgan fingerprint density at radius 2 is 2.07 bits per heavy atom. The summed E-state index contributed by atoms with van der Waals surface area (Å²) in [5.74, 6) is 0.928. The van der Waals surface area contributed by atoms with E-state index < -0.39 is 5.92 Å². The zero-order valence-electron chi connectivity index (χ0n) is 16.5. The van der Waals surface area contributed by atoms with E-state index in [0.717, 1.165) is 17.0 Å². The molecule has 1 aromatic carbocycles. The SMILES string of the molecule is COc1ccc(C=NCC(=O)C(CCO)c2cn3cc(C4CC4)ccc3n2)cc1. The fourth-order valence-corrected chi connectivity index (χ4v) is 3.50. The number of fused-ring (bicyclic) bond motifs is 1. The van der Waals surface area contributed by atoms with Crippen LogP contribution in [-0.4, -0.2) is 46.8 Å². The van der Waals surface area contributed by atoms with Crippen molar-refractivity contribution in [2.45, 2.75) is 31.1 Å². The highest BCUT2D eigenvalue weighted by molar-refractivity contribution is 5.89. The summed E-state index contributed by atoms with van der Waals surface area (Å²) in [4.78, 5) is 21.7. The van der Waals surface area contributed by atoms with Crippen LogP contribution in [0.5, 0.6) is 5.75 Å². The number of Topliss-reactive ketones (excluding diaryl/α,β-unsaturated/α-hetero) is 1. The summed E-state index contributed by atoms with van der Waals surface area (Å²) in [6, 6.07) is 11.6. The highest BCUT2D eigenvalue weighted by Crippen LogP contribution is 2.40. The first-order valence-electron chi connectivity index (χ1n) is 9.94. The summed E-state index contributed by atoms with van der Waals surface area (Å²) in [6.45, 7) is -0.0162. The third-order valence-corrected chi connectivity index (χ3v) is 5.31. The van der Waals surface area contributed by atoms with E-state index in [1.807, 2.05) is 40.9 Å². The molecule has 1 fully saturated rings. The second-order valence-electron chi connectivity index (χ2n) is 7.44. The molecule has 0 spiro atoms. The van der Waals surface area contributed by atoms with Gasteiger partial charge in [0.25, 0.3) is 0 Å². The quantitative estimate of drug-likeness (QED) is 0.568. The van der Waals surface area contributed by atoms with Gasteiger partial charge in [-0.05, 0) is 66.6 Å². The van der Waals surface area contributed by atoms with Crippen LogP contribution < -0.4 is 4.74 Å². The molecule has 0 radical (unpaired) electrons. The van der Waals surface area contributed by atoms with E-state index in [-0.39, 0.29) is 18.9 Å². The fourth-order valence-electron chi connectivity index (χ4n) is 3.50. The van der Waals surface area contributed by atoms with Gasteiger partial charge in [0.2, 0.25) is 0 Å². The molecule has 150 valence electrons. The van der Waals surface area contributed by atoms with Gasteiger partial charge in [0.15, 0.2) is 5.78 Å². The minimum Gasteiger partial charge on any atom is -0.497 e. The zero-order valence-corrected chi connectivity index (χ0v) is 16.5. The van der Waals surface area contributed by atoms with Crippen LogP contribution in [-0.2, 0) is 4.79 Å². The molecule has 6 heteroatoms. The molecular formula is C23H25N3O3. The molecule has 0 aliphatic heterocycles. The summed E-state index contributed by atoms with van der Waals surface area (Å²) in [6.07, 6.45) is 8.52. The van der Waals surface area contributed by atoms with E-state index in [1.54, 1.807) is 13.3 Å². The van der Waals surface area contributed by atoms with Crippen LogP contribution in [0, 0.1) is 0 Å². The third-order valence-electron chi connectivity index (χ3n) is 5.31. The number of aliphatic hydroxyl groups excluding tert-OH is 1. The van der Waals surface area contributed by atoms with Crippen molar-refractivity contribution in [1.82, 2.24) is 9.38 Å². The van der Waals surface area contributed by atoms with Crippen LogP contribution in [0.1, 0.15) is 47.9 Å². The van der Waals surface area contributed by atoms with Gasteiger partial charge in [0, 0.05) is 25.2 Å². The number of benzene rings is 1. The Balaban J connectivity index is 1.47. The molecule has 0 saturated heterocycles. The molecule has 1 aliphatic carbocycles. The van der Waals surface area contributed by atoms with Gasteiger partial charge in [-0.15, -0.1) is 0 Å². The molecule has 1 unspecified atom stereocenters. The van der Waals surface area contributed by atoms with Crippen LogP contribution >= 0.6 is 0 Å². The normalized spacial score (nSPS) is 15.1. The summed E-state index contributed by atoms with van der Waals surface area (Å²) >= 11 is 0. The van der Waals surface area contributed by atoms with Crippen molar-refractivity contribution < 1.29 is 14.6 Å². The van der Waals surface area contributed by atoms with Crippen molar-refractivity contribution in [2.75, 3.05) is 20.3 Å². The van der Waals surface area contributed by atoms with Crippen molar-refractivity contribution in [3.63, 3.8) is 0 Å². The van der Waals surface area contributed by atoms with Crippen molar-refractivity contribution in [1.29, 1.82) is 0 Å². The van der Waals surface area contributed by atoms with Gasteiger partial charge >= 0.3 is 0 Å². The van der Waals surface area contributed by atoms with E-state index >= 15 is 0 Å². The highest BCUT2D eigenvalue weighted by Gasteiger charge is 2.25. The second-order valence-corrected chi connectivity index (χ2v) is 7.44. The van der Waals surface area contributed by atoms with Gasteiger partial charge in [-0.1, -0.05) is 6.07 Å². The molecule has 2 heterocycles. The van der Waals surface area contributed by atoms with E-state index in [0.29, 0.717) is 18.0 Å². The molecule has 0 amide bonds. The average molecular weight is 391 g/mol. The topological polar surface area (TPSA) is 76.2 Å². The van der Waals surface area contributed by atoms with Crippen LogP contribution in [0.2, 0.25) is 0 Å². The number of nitrogens with zero attached hydrogens (tertiary/aromatic N) is 3. The number of carbonyl (C=O) groups excluding carboxylic acids is 1. The Morgan fingerprint density at radius 3 is 2.76 bits per heavy atom. The van der Waals surface area contributed by atoms with E-state index in [1.165, 1.54) is 18.4 Å². The van der Waals surface area contributed by atoms with Crippen molar-refractivity contribution in [3.05, 3.63) is 65.6 Å². The molecule has 0 bridgehead atoms. The molecule has 6 nitrogen and oxygen atoms in total. The summed E-state index contributed by atoms with van der Waals surface area (Å²) < 4.78 is 7.12. The van der Waals surface area contributed by atoms with Crippen molar-refractivity contribution in [3.8, 4) is 5.75 Å². The minimum atomic E-state index is -0.461. The van der Waals surface area contributed by atoms with Gasteiger partial charge in [-0.2, -0.15) is 0 Å². The summed E-state index contributed by atoms with van der Waals surface area (Å²) in [5, 5.41) is 9.46. The maximum Gasteiger partial charge on any atom is 0.163 e. The number of methoxy groups -OCH3 is 1. The number of ether oxygens (including phenoxy) is 1. The predicted octanol–water partition coefficient (Wildman–Crippen LogP) is 3.37. The smallest absolute Gasteiger partial charge is 0.163 e. The standard InChI is InChI=1S/C23H25N3O3/c1-29-19-7-2-16(3-8-19)12-24-13-22(28)20(10-11-27)21-15-26-14-18(17-4-5-17)6-9-23(26)25-21/h2-3,6-9,12,14-15,17,20,27H,4-5,10-11,13H2,1H3. The Kier molecular flexibility index (Phi) is 5.71. The number of aromatic nitrogens is 2. The predicted molar refractivity (Wildman–Crippen MR) is 112 cm³/mol. The Labute approximate surface area is 169 Å². The molecule has 3 aromatic rings. The Hall–Kier alpha value is -2.99. The van der Waals surface area contributed by atoms with Crippen molar-refractivity contribution in [2.24, 2.45) is 4.99 Å². The number of hydrogen-bond donors (Lipinski definition) is 1. The number of carbonyl (C=O) groups is 1. The van der Waals surface area contributed by atoms with E-state index in [9.17, 15) is 9.90 Å². The lowest BCUT2D eigenvalue weighted by Crippen LogP contribution is -2.17. The molecular weight excluding hydrogens is 366 g/mol. The van der Waals surface area contributed by atoms with E-state index in [4.69, 9.17) is 4.74 Å². The van der Waals surface area contributed by atoms with Crippen molar-refractivity contribution >= 4 is 17.6 Å². The van der Waals surface area contributed by atoms with Gasteiger partial charge in [-0.25, -0.2) is 4.98 Å². The minimum absolute atomic E-state index is 0.0466. The molecule has 4 rings (SSSR count). The fraction of sp³-hybridized carbons (Fsp3) is 0.348. The van der Waals surface area contributed by atoms with Gasteiger partial charge in [0.1, 0.15) is 11.4 Å². The lowest BCUT2D eigenvalue weighted by molar-refractivity contribution is -0.119. The van der Waals surface area contributed by atoms with Crippen LogP contribution in [0.3, 0.4) is 0 Å². The number of hydrogen-bond acceptors (Lipinski definition) is 5. The maximum atomic E-state index is 12.8. The molecule has 1 N–H and O–H groups in total. The highest BCUT2D eigenvalue weighted by atomic mass is 16.5. The second kappa shape index (κ2) is 8.57. The van der Waals surface area contributed by atoms with Crippen LogP contribution in [0.15, 0.2) is 53.8 Å². The van der Waals surface area contributed by atoms with Gasteiger partial charge < -0.3 is 14.2 Å². The summed E-state index contributed by atoms with van der Waals surface area (Å²) in [7, 11) is 1.62. The molecule has 29 heavy (non-hydrogen) atoms. The molecule has 1 saturated carbocycles. The lowest BCUT2D eigenvalue weighted by Gasteiger charge is -2.10.